The molecule has 4 rings (SSSR count). The fraction of sp³-hybridized carbons (Fsp3) is 0.348. The maximum Gasteiger partial charge on any atom is 0.240 e. The molecular formula is C23H26N4OS. The van der Waals surface area contributed by atoms with Crippen LogP contribution in [0.3, 0.4) is 0 Å². The molecule has 2 heterocycles. The number of hydrogen-bond donors (Lipinski definition) is 0. The molecule has 1 aliphatic heterocycles. The Labute approximate surface area is 176 Å². The number of thioether (sulfide) groups is 1. The summed E-state index contributed by atoms with van der Waals surface area (Å²) < 4.78 is 2.10. The Balaban J connectivity index is 1.59. The van der Waals surface area contributed by atoms with E-state index < -0.39 is 0 Å². The first kappa shape index (κ1) is 19.7. The molecule has 0 spiro atoms. The lowest BCUT2D eigenvalue weighted by Gasteiger charge is -2.25. The molecule has 3 aromatic rings. The molecule has 0 saturated heterocycles. The minimum atomic E-state index is -0.247. The number of para-hydroxylation sites is 1. The maximum absolute atomic E-state index is 13.3. The van der Waals surface area contributed by atoms with Gasteiger partial charge in [-0.05, 0) is 51.3 Å². The zero-order chi connectivity index (χ0) is 20.5. The summed E-state index contributed by atoms with van der Waals surface area (Å²) in [7, 11) is 0. The van der Waals surface area contributed by atoms with E-state index in [0.717, 1.165) is 40.8 Å². The van der Waals surface area contributed by atoms with Gasteiger partial charge in [0.1, 0.15) is 0 Å². The molecule has 6 heteroatoms. The topological polar surface area (TPSA) is 51.0 Å². The molecule has 0 N–H and O–H groups in total. The van der Waals surface area contributed by atoms with Gasteiger partial charge < -0.3 is 9.47 Å². The average molecular weight is 407 g/mol. The van der Waals surface area contributed by atoms with E-state index in [1.165, 1.54) is 17.3 Å². The van der Waals surface area contributed by atoms with E-state index in [0.29, 0.717) is 0 Å². The number of fused-ring (bicyclic) bond motifs is 1. The number of carbonyl (C=O) groups is 1. The molecule has 0 bridgehead atoms. The summed E-state index contributed by atoms with van der Waals surface area (Å²) in [5, 5.41) is 9.40. The molecule has 0 saturated carbocycles. The molecule has 0 unspecified atom stereocenters. The van der Waals surface area contributed by atoms with E-state index in [4.69, 9.17) is 0 Å². The fourth-order valence-electron chi connectivity index (χ4n) is 3.99. The molecule has 2 atom stereocenters. The number of benzene rings is 2. The first-order valence-corrected chi connectivity index (χ1v) is 11.0. The van der Waals surface area contributed by atoms with Crippen LogP contribution in [0.1, 0.15) is 31.9 Å². The fourth-order valence-corrected chi connectivity index (χ4v) is 4.95. The number of aryl methyl sites for hydroxylation is 1. The number of aromatic nitrogens is 3. The highest BCUT2D eigenvalue weighted by atomic mass is 32.2. The molecular weight excluding hydrogens is 380 g/mol. The standard InChI is InChI=1S/C23H26N4OS/c1-5-26-21(19-12-8-6-10-15(19)2)24-25-23(26)29-17(4)22(28)27-16(3)14-18-11-7-9-13-20(18)27/h6-13,16-17H,5,14H2,1-4H3/t16-,17-/m1/s1. The van der Waals surface area contributed by atoms with Crippen molar-refractivity contribution < 1.29 is 4.79 Å². The third-order valence-electron chi connectivity index (χ3n) is 5.49. The molecule has 2 aromatic carbocycles. The van der Waals surface area contributed by atoms with Crippen LogP contribution < -0.4 is 4.90 Å². The second-order valence-electron chi connectivity index (χ2n) is 7.52. The van der Waals surface area contributed by atoms with Crippen molar-refractivity contribution in [3.8, 4) is 11.4 Å². The summed E-state index contributed by atoms with van der Waals surface area (Å²) in [6, 6.07) is 16.5. The summed E-state index contributed by atoms with van der Waals surface area (Å²) in [5.41, 5.74) is 4.52. The molecule has 0 fully saturated rings. The highest BCUT2D eigenvalue weighted by molar-refractivity contribution is 8.00. The lowest BCUT2D eigenvalue weighted by Crippen LogP contribution is -2.40. The van der Waals surface area contributed by atoms with Crippen molar-refractivity contribution in [2.24, 2.45) is 0 Å². The summed E-state index contributed by atoms with van der Waals surface area (Å²) in [5.74, 6) is 0.975. The van der Waals surface area contributed by atoms with Gasteiger partial charge in [-0.15, -0.1) is 10.2 Å². The van der Waals surface area contributed by atoms with Crippen molar-refractivity contribution in [3.63, 3.8) is 0 Å². The van der Waals surface area contributed by atoms with Crippen molar-refractivity contribution in [1.29, 1.82) is 0 Å². The van der Waals surface area contributed by atoms with Crippen molar-refractivity contribution >= 4 is 23.4 Å². The molecule has 0 radical (unpaired) electrons. The van der Waals surface area contributed by atoms with Crippen LogP contribution in [0.5, 0.6) is 0 Å². The molecule has 0 aliphatic carbocycles. The molecule has 1 aromatic heterocycles. The minimum absolute atomic E-state index is 0.121. The van der Waals surface area contributed by atoms with E-state index in [1.54, 1.807) is 0 Å². The first-order valence-electron chi connectivity index (χ1n) is 10.1. The summed E-state index contributed by atoms with van der Waals surface area (Å²) >= 11 is 1.49. The van der Waals surface area contributed by atoms with Gasteiger partial charge in [0.05, 0.1) is 5.25 Å². The molecule has 1 amide bonds. The summed E-state index contributed by atoms with van der Waals surface area (Å²) in [4.78, 5) is 15.2. The SMILES string of the molecule is CCn1c(S[C@H](C)C(=O)N2c3ccccc3C[C@H]2C)nnc1-c1ccccc1C. The van der Waals surface area contributed by atoms with Gasteiger partial charge in [-0.1, -0.05) is 54.2 Å². The van der Waals surface area contributed by atoms with Crippen molar-refractivity contribution in [2.45, 2.75) is 57.1 Å². The van der Waals surface area contributed by atoms with Crippen LogP contribution in [0.2, 0.25) is 0 Å². The Bertz CT molecular complexity index is 1040. The van der Waals surface area contributed by atoms with E-state index in [-0.39, 0.29) is 17.2 Å². The molecule has 150 valence electrons. The van der Waals surface area contributed by atoms with Crippen molar-refractivity contribution in [2.75, 3.05) is 4.90 Å². The Morgan fingerprint density at radius 2 is 1.90 bits per heavy atom. The smallest absolute Gasteiger partial charge is 0.240 e. The Kier molecular flexibility index (Phi) is 5.46. The van der Waals surface area contributed by atoms with Crippen LogP contribution in [-0.2, 0) is 17.8 Å². The van der Waals surface area contributed by atoms with Gasteiger partial charge in [0.15, 0.2) is 11.0 Å². The van der Waals surface area contributed by atoms with Gasteiger partial charge in [0.25, 0.3) is 0 Å². The van der Waals surface area contributed by atoms with Crippen molar-refractivity contribution in [1.82, 2.24) is 14.8 Å². The van der Waals surface area contributed by atoms with Crippen LogP contribution in [0.15, 0.2) is 53.7 Å². The number of carbonyl (C=O) groups excluding carboxylic acids is 1. The largest absolute Gasteiger partial charge is 0.308 e. The molecule has 1 aliphatic rings. The van der Waals surface area contributed by atoms with Gasteiger partial charge in [-0.3, -0.25) is 4.79 Å². The predicted molar refractivity (Wildman–Crippen MR) is 118 cm³/mol. The van der Waals surface area contributed by atoms with Crippen LogP contribution in [0, 0.1) is 6.92 Å². The lowest BCUT2D eigenvalue weighted by molar-refractivity contribution is -0.118. The van der Waals surface area contributed by atoms with Gasteiger partial charge in [0.2, 0.25) is 5.91 Å². The number of rotatable bonds is 5. The Hall–Kier alpha value is -2.60. The van der Waals surface area contributed by atoms with Gasteiger partial charge in [-0.25, -0.2) is 0 Å². The van der Waals surface area contributed by atoms with Gasteiger partial charge in [0, 0.05) is 23.8 Å². The normalized spacial score (nSPS) is 16.7. The van der Waals surface area contributed by atoms with Crippen LogP contribution in [0.4, 0.5) is 5.69 Å². The number of anilines is 1. The zero-order valence-corrected chi connectivity index (χ0v) is 18.1. The van der Waals surface area contributed by atoms with Gasteiger partial charge in [-0.2, -0.15) is 0 Å². The second-order valence-corrected chi connectivity index (χ2v) is 8.82. The van der Waals surface area contributed by atoms with Crippen LogP contribution in [-0.4, -0.2) is 32.0 Å². The van der Waals surface area contributed by atoms with Gasteiger partial charge >= 0.3 is 0 Å². The van der Waals surface area contributed by atoms with E-state index in [9.17, 15) is 4.79 Å². The third-order valence-corrected chi connectivity index (χ3v) is 6.56. The van der Waals surface area contributed by atoms with E-state index in [2.05, 4.69) is 53.7 Å². The number of hydrogen-bond acceptors (Lipinski definition) is 4. The minimum Gasteiger partial charge on any atom is -0.308 e. The quantitative estimate of drug-likeness (QED) is 0.575. The van der Waals surface area contributed by atoms with Crippen LogP contribution >= 0.6 is 11.8 Å². The molecule has 29 heavy (non-hydrogen) atoms. The number of amides is 1. The summed E-state index contributed by atoms with van der Waals surface area (Å²) in [6.45, 7) is 8.99. The average Bonchev–Trinajstić information content (AvgIpc) is 3.27. The number of nitrogens with zero attached hydrogens (tertiary/aromatic N) is 4. The third kappa shape index (κ3) is 3.57. The monoisotopic (exact) mass is 406 g/mol. The van der Waals surface area contributed by atoms with Crippen LogP contribution in [0.25, 0.3) is 11.4 Å². The Morgan fingerprint density at radius 1 is 1.17 bits per heavy atom. The van der Waals surface area contributed by atoms with E-state index in [1.807, 2.05) is 42.2 Å². The predicted octanol–water partition coefficient (Wildman–Crippen LogP) is 4.73. The second kappa shape index (κ2) is 8.03. The van der Waals surface area contributed by atoms with Crippen molar-refractivity contribution in [3.05, 3.63) is 59.7 Å². The first-order chi connectivity index (χ1) is 14.0. The summed E-state index contributed by atoms with van der Waals surface area (Å²) in [6.07, 6.45) is 0.905. The maximum atomic E-state index is 13.3. The highest BCUT2D eigenvalue weighted by Gasteiger charge is 2.34. The Morgan fingerprint density at radius 3 is 2.66 bits per heavy atom. The zero-order valence-electron chi connectivity index (χ0n) is 17.3. The highest BCUT2D eigenvalue weighted by Crippen LogP contribution is 2.35. The lowest BCUT2D eigenvalue weighted by atomic mass is 10.1. The van der Waals surface area contributed by atoms with E-state index >= 15 is 0 Å². The molecule has 5 nitrogen and oxygen atoms in total.